The maximum absolute atomic E-state index is 12.1. The zero-order valence-electron chi connectivity index (χ0n) is 11.7. The van der Waals surface area contributed by atoms with E-state index >= 15 is 0 Å². The van der Waals surface area contributed by atoms with E-state index in [1.807, 2.05) is 6.92 Å². The number of benzene rings is 1. The van der Waals surface area contributed by atoms with Crippen molar-refractivity contribution in [1.82, 2.24) is 5.32 Å². The number of nitrogens with one attached hydrogen (secondary N) is 1. The van der Waals surface area contributed by atoms with E-state index in [4.69, 9.17) is 4.74 Å². The highest BCUT2D eigenvalue weighted by Crippen LogP contribution is 2.21. The van der Waals surface area contributed by atoms with Crippen molar-refractivity contribution in [2.24, 2.45) is 0 Å². The number of hydrogen-bond donors (Lipinski definition) is 1. The van der Waals surface area contributed by atoms with Crippen LogP contribution in [0.15, 0.2) is 24.3 Å². The summed E-state index contributed by atoms with van der Waals surface area (Å²) in [5.41, 5.74) is 0.606. The smallest absolute Gasteiger partial charge is 0.236 e. The molecule has 0 bridgehead atoms. The van der Waals surface area contributed by atoms with Gasteiger partial charge in [0.1, 0.15) is 5.75 Å². The van der Waals surface area contributed by atoms with E-state index in [2.05, 4.69) is 5.32 Å². The number of ether oxygens (including phenoxy) is 1. The van der Waals surface area contributed by atoms with Crippen LogP contribution < -0.4 is 14.4 Å². The van der Waals surface area contributed by atoms with Crippen LogP contribution in [0.4, 0.5) is 5.69 Å². The summed E-state index contributed by atoms with van der Waals surface area (Å²) < 4.78 is 30.7. The Morgan fingerprint density at radius 1 is 1.32 bits per heavy atom. The summed E-state index contributed by atoms with van der Waals surface area (Å²) >= 11 is 0. The van der Waals surface area contributed by atoms with Gasteiger partial charge in [0.2, 0.25) is 10.0 Å². The van der Waals surface area contributed by atoms with Gasteiger partial charge < -0.3 is 10.1 Å². The molecule has 1 N–H and O–H groups in total. The minimum atomic E-state index is -3.30. The lowest BCUT2D eigenvalue weighted by Crippen LogP contribution is -2.33. The Morgan fingerprint density at radius 2 is 2.05 bits per heavy atom. The molecular formula is C13H22N2O3S. The molecule has 0 unspecified atom stereocenters. The molecule has 0 heterocycles. The Hall–Kier alpha value is -1.27. The molecule has 0 atom stereocenters. The fourth-order valence-corrected chi connectivity index (χ4v) is 2.72. The van der Waals surface area contributed by atoms with Crippen LogP contribution in [0.3, 0.4) is 0 Å². The average molecular weight is 286 g/mol. The Morgan fingerprint density at radius 3 is 2.68 bits per heavy atom. The molecule has 6 heteroatoms. The first-order valence-corrected chi connectivity index (χ1v) is 7.93. The molecule has 0 radical (unpaired) electrons. The highest BCUT2D eigenvalue weighted by atomic mass is 32.2. The SMILES string of the molecule is CCCNCCS(=O)(=O)N(C)c1cccc(OC)c1. The third-order valence-electron chi connectivity index (χ3n) is 2.80. The molecule has 0 aliphatic rings. The van der Waals surface area contributed by atoms with Gasteiger partial charge in [0.15, 0.2) is 0 Å². The summed E-state index contributed by atoms with van der Waals surface area (Å²) in [6.45, 7) is 3.34. The third kappa shape index (κ3) is 4.72. The highest BCUT2D eigenvalue weighted by molar-refractivity contribution is 7.92. The fourth-order valence-electron chi connectivity index (χ4n) is 1.61. The number of nitrogens with zero attached hydrogens (tertiary/aromatic N) is 1. The first-order valence-electron chi connectivity index (χ1n) is 6.32. The van der Waals surface area contributed by atoms with E-state index in [0.29, 0.717) is 18.0 Å². The average Bonchev–Trinajstić information content (AvgIpc) is 2.43. The van der Waals surface area contributed by atoms with Crippen molar-refractivity contribution < 1.29 is 13.2 Å². The second-order valence-corrected chi connectivity index (χ2v) is 6.35. The highest BCUT2D eigenvalue weighted by Gasteiger charge is 2.18. The lowest BCUT2D eigenvalue weighted by Gasteiger charge is -2.20. The van der Waals surface area contributed by atoms with Crippen LogP contribution >= 0.6 is 0 Å². The van der Waals surface area contributed by atoms with Crippen molar-refractivity contribution in [2.45, 2.75) is 13.3 Å². The largest absolute Gasteiger partial charge is 0.497 e. The molecule has 0 saturated carbocycles. The van der Waals surface area contributed by atoms with Crippen LogP contribution in [-0.4, -0.2) is 41.4 Å². The molecule has 0 aliphatic heterocycles. The van der Waals surface area contributed by atoms with Gasteiger partial charge >= 0.3 is 0 Å². The van der Waals surface area contributed by atoms with Gasteiger partial charge in [-0.2, -0.15) is 0 Å². The van der Waals surface area contributed by atoms with Crippen molar-refractivity contribution in [3.8, 4) is 5.75 Å². The Labute approximate surface area is 115 Å². The topological polar surface area (TPSA) is 58.6 Å². The zero-order valence-corrected chi connectivity index (χ0v) is 12.5. The van der Waals surface area contributed by atoms with E-state index in [0.717, 1.165) is 13.0 Å². The predicted octanol–water partition coefficient (Wildman–Crippen LogP) is 1.46. The van der Waals surface area contributed by atoms with Gasteiger partial charge in [-0.15, -0.1) is 0 Å². The number of hydrogen-bond acceptors (Lipinski definition) is 4. The third-order valence-corrected chi connectivity index (χ3v) is 4.56. The molecular weight excluding hydrogens is 264 g/mol. The zero-order chi connectivity index (χ0) is 14.3. The van der Waals surface area contributed by atoms with E-state index in [1.54, 1.807) is 38.4 Å². The van der Waals surface area contributed by atoms with E-state index in [-0.39, 0.29) is 5.75 Å². The molecule has 0 fully saturated rings. The summed E-state index contributed by atoms with van der Waals surface area (Å²) in [4.78, 5) is 0. The summed E-state index contributed by atoms with van der Waals surface area (Å²) in [7, 11) is -0.186. The van der Waals surface area contributed by atoms with Crippen molar-refractivity contribution in [1.29, 1.82) is 0 Å². The fraction of sp³-hybridized carbons (Fsp3) is 0.538. The summed E-state index contributed by atoms with van der Waals surface area (Å²) in [6.07, 6.45) is 0.992. The first kappa shape index (κ1) is 15.8. The van der Waals surface area contributed by atoms with Crippen LogP contribution in [0.25, 0.3) is 0 Å². The molecule has 5 nitrogen and oxygen atoms in total. The van der Waals surface area contributed by atoms with Gasteiger partial charge in [0.25, 0.3) is 0 Å². The van der Waals surface area contributed by atoms with Gasteiger partial charge in [0, 0.05) is 19.7 Å². The van der Waals surface area contributed by atoms with Crippen LogP contribution in [0.5, 0.6) is 5.75 Å². The van der Waals surface area contributed by atoms with Crippen molar-refractivity contribution in [3.63, 3.8) is 0 Å². The minimum Gasteiger partial charge on any atom is -0.497 e. The second kappa shape index (κ2) is 7.35. The van der Waals surface area contributed by atoms with Gasteiger partial charge in [-0.25, -0.2) is 8.42 Å². The summed E-state index contributed by atoms with van der Waals surface area (Å²) in [5, 5.41) is 3.09. The van der Waals surface area contributed by atoms with Crippen molar-refractivity contribution in [2.75, 3.05) is 37.3 Å². The molecule has 0 spiro atoms. The molecule has 1 rings (SSSR count). The first-order chi connectivity index (χ1) is 9.01. The molecule has 0 saturated heterocycles. The van der Waals surface area contributed by atoms with Gasteiger partial charge in [-0.3, -0.25) is 4.31 Å². The molecule has 0 amide bonds. The number of sulfonamides is 1. The normalized spacial score (nSPS) is 11.3. The lowest BCUT2D eigenvalue weighted by atomic mass is 10.3. The van der Waals surface area contributed by atoms with Gasteiger partial charge in [-0.1, -0.05) is 13.0 Å². The standard InChI is InChI=1S/C13H22N2O3S/c1-4-8-14-9-10-19(16,17)15(2)12-6-5-7-13(11-12)18-3/h5-7,11,14H,4,8-10H2,1-3H3. The second-order valence-electron chi connectivity index (χ2n) is 4.23. The van der Waals surface area contributed by atoms with Crippen LogP contribution in [0.2, 0.25) is 0 Å². The number of rotatable bonds is 8. The van der Waals surface area contributed by atoms with Crippen LogP contribution in [-0.2, 0) is 10.0 Å². The van der Waals surface area contributed by atoms with Gasteiger partial charge in [0.05, 0.1) is 18.6 Å². The summed E-state index contributed by atoms with van der Waals surface area (Å²) in [5.74, 6) is 0.726. The quantitative estimate of drug-likeness (QED) is 0.735. The molecule has 1 aromatic rings. The molecule has 1 aromatic carbocycles. The Bertz CT molecular complexity index is 488. The monoisotopic (exact) mass is 286 g/mol. The Balaban J connectivity index is 2.71. The number of anilines is 1. The minimum absolute atomic E-state index is 0.0840. The lowest BCUT2D eigenvalue weighted by molar-refractivity contribution is 0.415. The number of methoxy groups -OCH3 is 1. The van der Waals surface area contributed by atoms with Crippen LogP contribution in [0.1, 0.15) is 13.3 Å². The predicted molar refractivity (Wildman–Crippen MR) is 78.3 cm³/mol. The van der Waals surface area contributed by atoms with E-state index in [9.17, 15) is 8.42 Å². The van der Waals surface area contributed by atoms with Gasteiger partial charge in [-0.05, 0) is 25.1 Å². The maximum atomic E-state index is 12.1. The van der Waals surface area contributed by atoms with Crippen LogP contribution in [0, 0.1) is 0 Å². The summed E-state index contributed by atoms with van der Waals surface area (Å²) in [6, 6.07) is 7.01. The van der Waals surface area contributed by atoms with Crippen molar-refractivity contribution in [3.05, 3.63) is 24.3 Å². The van der Waals surface area contributed by atoms with E-state index in [1.165, 1.54) is 4.31 Å². The molecule has 108 valence electrons. The Kier molecular flexibility index (Phi) is 6.11. The molecule has 0 aliphatic carbocycles. The maximum Gasteiger partial charge on any atom is 0.236 e. The van der Waals surface area contributed by atoms with E-state index < -0.39 is 10.0 Å². The van der Waals surface area contributed by atoms with Crippen molar-refractivity contribution >= 4 is 15.7 Å². The molecule has 19 heavy (non-hydrogen) atoms. The molecule has 0 aromatic heterocycles.